The molecule has 0 aliphatic carbocycles. The van der Waals surface area contributed by atoms with Gasteiger partial charge >= 0.3 is 0 Å². The van der Waals surface area contributed by atoms with Crippen LogP contribution in [0.3, 0.4) is 0 Å². The Bertz CT molecular complexity index is 365. The van der Waals surface area contributed by atoms with Crippen molar-refractivity contribution in [1.82, 2.24) is 4.90 Å². The van der Waals surface area contributed by atoms with Crippen LogP contribution >= 0.6 is 11.8 Å². The second-order valence-corrected chi connectivity index (χ2v) is 5.67. The zero-order valence-corrected chi connectivity index (χ0v) is 11.8. The summed E-state index contributed by atoms with van der Waals surface area (Å²) in [6.45, 7) is 1.07. The van der Waals surface area contributed by atoms with E-state index in [1.807, 2.05) is 11.8 Å². The summed E-state index contributed by atoms with van der Waals surface area (Å²) in [6.07, 6.45) is 1.43. The summed E-state index contributed by atoms with van der Waals surface area (Å²) < 4.78 is 12.7. The quantitative estimate of drug-likeness (QED) is 0.534. The average Bonchev–Trinajstić information content (AvgIpc) is 2.34. The highest BCUT2D eigenvalue weighted by Gasteiger charge is 2.05. The minimum Gasteiger partial charge on any atom is -0.309 e. The topological polar surface area (TPSA) is 20.3 Å². The maximum absolute atomic E-state index is 12.7. The first kappa shape index (κ1) is 15.2. The number of hydrogen-bond acceptors (Lipinski definition) is 3. The molecule has 0 amide bonds. The van der Waals surface area contributed by atoms with Crippen LogP contribution in [0.5, 0.6) is 0 Å². The number of rotatable bonds is 8. The number of carbonyl (C=O) groups excluding carboxylic acids is 1. The van der Waals surface area contributed by atoms with Crippen molar-refractivity contribution in [3.63, 3.8) is 0 Å². The van der Waals surface area contributed by atoms with Crippen molar-refractivity contribution in [1.29, 1.82) is 0 Å². The molecule has 0 saturated heterocycles. The van der Waals surface area contributed by atoms with E-state index in [0.717, 1.165) is 24.5 Å². The second-order valence-electron chi connectivity index (χ2n) is 4.45. The van der Waals surface area contributed by atoms with Gasteiger partial charge in [-0.05, 0) is 50.5 Å². The summed E-state index contributed by atoms with van der Waals surface area (Å²) in [5.74, 6) is 1.90. The molecule has 0 radical (unpaired) electrons. The summed E-state index contributed by atoms with van der Waals surface area (Å²) in [5, 5.41) is 0. The Balaban J connectivity index is 2.16. The first-order chi connectivity index (χ1) is 8.59. The summed E-state index contributed by atoms with van der Waals surface area (Å²) in [6, 6.07) is 5.77. The number of hydrogen-bond donors (Lipinski definition) is 0. The Hall–Kier alpha value is -0.870. The second kappa shape index (κ2) is 8.27. The van der Waals surface area contributed by atoms with Gasteiger partial charge in [-0.3, -0.25) is 4.79 Å². The fraction of sp³-hybridized carbons (Fsp3) is 0.500. The van der Waals surface area contributed by atoms with Crippen LogP contribution in [0, 0.1) is 5.82 Å². The van der Waals surface area contributed by atoms with Gasteiger partial charge in [0.1, 0.15) is 5.82 Å². The van der Waals surface area contributed by atoms with Crippen LogP contribution in [0.25, 0.3) is 0 Å². The van der Waals surface area contributed by atoms with Gasteiger partial charge < -0.3 is 4.90 Å². The van der Waals surface area contributed by atoms with Gasteiger partial charge in [-0.2, -0.15) is 11.8 Å². The van der Waals surface area contributed by atoms with Gasteiger partial charge in [-0.25, -0.2) is 4.39 Å². The van der Waals surface area contributed by atoms with Gasteiger partial charge in [0, 0.05) is 24.3 Å². The molecule has 100 valence electrons. The monoisotopic (exact) mass is 269 g/mol. The molecule has 0 heterocycles. The fourth-order valence-electron chi connectivity index (χ4n) is 1.46. The van der Waals surface area contributed by atoms with Crippen molar-refractivity contribution in [2.45, 2.75) is 12.8 Å². The third-order valence-electron chi connectivity index (χ3n) is 2.54. The van der Waals surface area contributed by atoms with Gasteiger partial charge in [-0.1, -0.05) is 0 Å². The molecule has 0 fully saturated rings. The summed E-state index contributed by atoms with van der Waals surface area (Å²) >= 11 is 1.87. The third kappa shape index (κ3) is 6.17. The molecule has 1 rings (SSSR count). The molecule has 0 spiro atoms. The number of ketones is 1. The van der Waals surface area contributed by atoms with Crippen LogP contribution in [-0.2, 0) is 0 Å². The van der Waals surface area contributed by atoms with Crippen LogP contribution in [0.1, 0.15) is 23.2 Å². The van der Waals surface area contributed by atoms with E-state index in [-0.39, 0.29) is 11.6 Å². The zero-order chi connectivity index (χ0) is 13.4. The average molecular weight is 269 g/mol. The van der Waals surface area contributed by atoms with Crippen LogP contribution < -0.4 is 0 Å². The molecule has 4 heteroatoms. The van der Waals surface area contributed by atoms with Gasteiger partial charge in [0.15, 0.2) is 5.78 Å². The number of benzene rings is 1. The molecular formula is C14H20FNOS. The van der Waals surface area contributed by atoms with Crippen molar-refractivity contribution < 1.29 is 9.18 Å². The molecule has 1 aromatic carbocycles. The summed E-state index contributed by atoms with van der Waals surface area (Å²) in [4.78, 5) is 13.9. The predicted octanol–water partition coefficient (Wildman–Crippen LogP) is 3.08. The Kier molecular flexibility index (Phi) is 6.98. The number of carbonyl (C=O) groups is 1. The molecule has 0 saturated carbocycles. The Labute approximate surface area is 113 Å². The van der Waals surface area contributed by atoms with Gasteiger partial charge in [-0.15, -0.1) is 0 Å². The molecule has 0 unspecified atom stereocenters. The van der Waals surface area contributed by atoms with Crippen LogP contribution in [-0.4, -0.2) is 42.8 Å². The molecule has 18 heavy (non-hydrogen) atoms. The molecule has 0 N–H and O–H groups in total. The van der Waals surface area contributed by atoms with E-state index < -0.39 is 0 Å². The van der Waals surface area contributed by atoms with Gasteiger partial charge in [0.2, 0.25) is 0 Å². The summed E-state index contributed by atoms with van der Waals surface area (Å²) in [5.41, 5.74) is 0.606. The fourth-order valence-corrected chi connectivity index (χ4v) is 2.51. The zero-order valence-electron chi connectivity index (χ0n) is 11.0. The minimum atomic E-state index is -0.300. The van der Waals surface area contributed by atoms with E-state index in [9.17, 15) is 9.18 Å². The number of Topliss-reactive ketones (excluding diaryl/α,β-unsaturated/α-hetero) is 1. The van der Waals surface area contributed by atoms with Crippen molar-refractivity contribution in [3.05, 3.63) is 35.6 Å². The van der Waals surface area contributed by atoms with Gasteiger partial charge in [0.05, 0.1) is 0 Å². The molecule has 0 atom stereocenters. The van der Waals surface area contributed by atoms with E-state index in [1.165, 1.54) is 12.1 Å². The van der Waals surface area contributed by atoms with E-state index in [2.05, 4.69) is 19.0 Å². The molecule has 2 nitrogen and oxygen atoms in total. The highest BCUT2D eigenvalue weighted by Crippen LogP contribution is 2.10. The standard InChI is InChI=1S/C14H20FNOS/c1-16(2)9-11-18-10-3-4-14(17)12-5-7-13(15)8-6-12/h5-8H,3-4,9-11H2,1-2H3. The number of halogens is 1. The molecule has 0 bridgehead atoms. The SMILES string of the molecule is CN(C)CCSCCCC(=O)c1ccc(F)cc1. The van der Waals surface area contributed by atoms with Crippen molar-refractivity contribution >= 4 is 17.5 Å². The highest BCUT2D eigenvalue weighted by atomic mass is 32.2. The van der Waals surface area contributed by atoms with E-state index in [4.69, 9.17) is 0 Å². The van der Waals surface area contributed by atoms with Crippen molar-refractivity contribution in [2.75, 3.05) is 32.1 Å². The molecule has 1 aromatic rings. The molecule has 0 aliphatic rings. The first-order valence-corrected chi connectivity index (χ1v) is 7.26. The Morgan fingerprint density at radius 3 is 2.50 bits per heavy atom. The lowest BCUT2D eigenvalue weighted by atomic mass is 10.1. The molecule has 0 aliphatic heterocycles. The largest absolute Gasteiger partial charge is 0.309 e. The number of thioether (sulfide) groups is 1. The summed E-state index contributed by atoms with van der Waals surface area (Å²) in [7, 11) is 4.11. The lowest BCUT2D eigenvalue weighted by Crippen LogP contribution is -2.15. The van der Waals surface area contributed by atoms with Crippen LogP contribution in [0.15, 0.2) is 24.3 Å². The normalized spacial score (nSPS) is 10.9. The lowest BCUT2D eigenvalue weighted by Gasteiger charge is -2.08. The third-order valence-corrected chi connectivity index (χ3v) is 3.59. The maximum atomic E-state index is 12.7. The van der Waals surface area contributed by atoms with Crippen molar-refractivity contribution in [2.24, 2.45) is 0 Å². The molecular weight excluding hydrogens is 249 g/mol. The number of nitrogens with zero attached hydrogens (tertiary/aromatic N) is 1. The van der Waals surface area contributed by atoms with E-state index in [1.54, 1.807) is 12.1 Å². The van der Waals surface area contributed by atoms with Crippen LogP contribution in [0.2, 0.25) is 0 Å². The molecule has 0 aromatic heterocycles. The lowest BCUT2D eigenvalue weighted by molar-refractivity contribution is 0.0982. The maximum Gasteiger partial charge on any atom is 0.162 e. The van der Waals surface area contributed by atoms with E-state index in [0.29, 0.717) is 12.0 Å². The Morgan fingerprint density at radius 2 is 1.89 bits per heavy atom. The predicted molar refractivity (Wildman–Crippen MR) is 75.8 cm³/mol. The Morgan fingerprint density at radius 1 is 1.22 bits per heavy atom. The highest BCUT2D eigenvalue weighted by molar-refractivity contribution is 7.99. The van der Waals surface area contributed by atoms with Crippen molar-refractivity contribution in [3.8, 4) is 0 Å². The van der Waals surface area contributed by atoms with Crippen LogP contribution in [0.4, 0.5) is 4.39 Å². The van der Waals surface area contributed by atoms with Gasteiger partial charge in [0.25, 0.3) is 0 Å². The minimum absolute atomic E-state index is 0.100. The van der Waals surface area contributed by atoms with E-state index >= 15 is 0 Å². The first-order valence-electron chi connectivity index (χ1n) is 6.11. The smallest absolute Gasteiger partial charge is 0.162 e.